The van der Waals surface area contributed by atoms with Crippen LogP contribution in [0, 0.1) is 11.8 Å². The van der Waals surface area contributed by atoms with E-state index in [1.807, 2.05) is 61.9 Å². The van der Waals surface area contributed by atoms with Crippen LogP contribution in [0.4, 0.5) is 5.69 Å². The molecule has 32 nitrogen and oxygen atoms in total. The van der Waals surface area contributed by atoms with Gasteiger partial charge < -0.3 is 49.7 Å². The molecule has 5 aliphatic rings. The first kappa shape index (κ1) is 77.3. The Morgan fingerprint density at radius 1 is 0.729 bits per heavy atom. The summed E-state index contributed by atoms with van der Waals surface area (Å²) in [5.41, 5.74) is 0.236. The number of ether oxygens (including phenoxy) is 2. The number of aromatic nitrogens is 2. The Balaban J connectivity index is 0.748. The van der Waals surface area contributed by atoms with Crippen LogP contribution in [0.2, 0.25) is 10.0 Å². The molecule has 0 unspecified atom stereocenters. The molecule has 2 atom stereocenters. The topological polar surface area (TPSA) is 451 Å². The number of carbonyl (C=O) groups is 5. The van der Waals surface area contributed by atoms with Crippen LogP contribution in [0.1, 0.15) is 87.5 Å². The second kappa shape index (κ2) is 32.1. The zero-order chi connectivity index (χ0) is 76.9. The number of carboxylic acid groups (broad SMARTS) is 2. The minimum absolute atomic E-state index is 0.00181. The number of phenolic OH excluding ortho intramolecular Hbond substituents is 1. The number of anilines is 1. The molecular formula is C70H61Cl2N7O25P3+. The van der Waals surface area contributed by atoms with Crippen molar-refractivity contribution in [2.45, 2.75) is 44.7 Å². The Labute approximate surface area is 613 Å². The normalized spacial score (nSPS) is 13.9. The number of carboxylic acids is 2. The van der Waals surface area contributed by atoms with Gasteiger partial charge in [0.2, 0.25) is 5.36 Å². The second-order valence-corrected chi connectivity index (χ2v) is 35.3. The summed E-state index contributed by atoms with van der Waals surface area (Å²) in [6.07, 6.45) is -1.26. The number of hydrogen-bond donors (Lipinski definition) is 9. The number of aromatic hydroxyl groups is 1. The van der Waals surface area contributed by atoms with E-state index in [2.05, 4.69) is 47.2 Å². The monoisotopic (exact) mass is 1560 g/mol. The van der Waals surface area contributed by atoms with E-state index >= 15 is 0 Å². The molecule has 2 aliphatic carbocycles. The molecule has 1 aromatic heterocycles. The number of H-pyrrole nitrogens is 1. The fraction of sp³-hybridized carbons (Fsp3) is 0.214. The van der Waals surface area contributed by atoms with Crippen LogP contribution in [-0.4, -0.2) is 126 Å². The standard InChI is InChI=1S/C70H60Cl2N7O25P3/c1-77(2)40-13-18-46-54(28-40)100-55-29-41(78(3)4)14-19-47(55)59(46)61-60(69(88)89)52(71)31-50(62(61)72)67(85)74-32-36-8-10-37(11-9-36)64(82)75-33-51-53(81)22-21-48-58(45-20-15-42(80)30-56(45)101-63(48)51)49-27-38(12-17-44(49)68(86)87)65(83)73-24-26-97-25-6-5-7-39-34-79(70(90)76-66(39)84)57-23-16-43(99-57)35-98-107(103-92,104-102-91,105(93)94)106(95)96/h8-15,17-22,27-31,34,43,57H,7,16,23-26,32-33,35H2,1-4H3,(H8-,73,74,75,76,80,81,82,83,84,85,86,87,88,89,90,91,92)/p+1/t43-,57+/m0/s1. The number of amides is 3. The summed E-state index contributed by atoms with van der Waals surface area (Å²) in [5, 5.41) is 63.2. The van der Waals surface area contributed by atoms with Crippen molar-refractivity contribution in [1.29, 1.82) is 0 Å². The van der Waals surface area contributed by atoms with Gasteiger partial charge in [-0.1, -0.05) is 35.3 Å². The van der Waals surface area contributed by atoms with Crippen LogP contribution < -0.4 is 47.5 Å². The maximum absolute atomic E-state index is 14.2. The summed E-state index contributed by atoms with van der Waals surface area (Å²) < 4.78 is 87.2. The van der Waals surface area contributed by atoms with Gasteiger partial charge in [0.15, 0.2) is 5.43 Å². The third-order valence-electron chi connectivity index (χ3n) is 17.3. The molecule has 0 saturated carbocycles. The van der Waals surface area contributed by atoms with Gasteiger partial charge in [-0.05, 0) is 90.0 Å². The summed E-state index contributed by atoms with van der Waals surface area (Å²) >= 11 is 13.9. The first-order chi connectivity index (χ1) is 51.1. The number of rotatable bonds is 26. The van der Waals surface area contributed by atoms with Crippen molar-refractivity contribution in [3.63, 3.8) is 0 Å². The molecule has 554 valence electrons. The van der Waals surface area contributed by atoms with Gasteiger partial charge in [-0.15, -0.1) is 0 Å². The van der Waals surface area contributed by atoms with Crippen molar-refractivity contribution in [1.82, 2.24) is 30.1 Å². The predicted molar refractivity (Wildman–Crippen MR) is 386 cm³/mol. The average molecular weight is 1560 g/mol. The first-order valence-electron chi connectivity index (χ1n) is 31.9. The minimum Gasteiger partial charge on any atom is -0.478 e. The molecule has 9 N–H and O–H groups in total. The number of aromatic amines is 1. The number of aromatic carboxylic acids is 2. The number of carbonyl (C=O) groups excluding carboxylic acids is 3. The maximum Gasteiger partial charge on any atom is 0.337 e. The maximum atomic E-state index is 14.2. The summed E-state index contributed by atoms with van der Waals surface area (Å²) in [6.45, 7) is -8.37. The van der Waals surface area contributed by atoms with Crippen LogP contribution in [0.3, 0.4) is 0 Å². The number of fused-ring (bicyclic) bond motifs is 4. The summed E-state index contributed by atoms with van der Waals surface area (Å²) in [5.74, 6) is 0.690. The van der Waals surface area contributed by atoms with Crippen molar-refractivity contribution in [2.75, 3.05) is 59.5 Å². The summed E-state index contributed by atoms with van der Waals surface area (Å²) in [7, 11) is -1.43. The Kier molecular flexibility index (Phi) is 23.2. The molecule has 37 heteroatoms. The fourth-order valence-electron chi connectivity index (χ4n) is 11.9. The molecule has 5 aromatic carbocycles. The van der Waals surface area contributed by atoms with Crippen LogP contribution in [-0.2, 0) is 66.2 Å². The van der Waals surface area contributed by atoms with Crippen LogP contribution in [0.25, 0.3) is 66.8 Å². The molecule has 1 fully saturated rings. The van der Waals surface area contributed by atoms with Gasteiger partial charge in [0.25, 0.3) is 17.7 Å². The van der Waals surface area contributed by atoms with E-state index in [1.54, 1.807) is 24.3 Å². The molecule has 3 amide bonds. The number of hydrogen-bond acceptors (Lipinski definition) is 24. The van der Waals surface area contributed by atoms with Gasteiger partial charge in [0.05, 0.1) is 51.5 Å². The molecular weight excluding hydrogens is 1500 g/mol. The van der Waals surface area contributed by atoms with E-state index in [0.29, 0.717) is 33.4 Å². The van der Waals surface area contributed by atoms with E-state index in [1.165, 1.54) is 60.7 Å². The fourth-order valence-corrected chi connectivity index (χ4v) is 17.0. The van der Waals surface area contributed by atoms with E-state index < -0.39 is 86.7 Å². The van der Waals surface area contributed by atoms with E-state index in [9.17, 15) is 77.2 Å². The first-order valence-corrected chi connectivity index (χ1v) is 38.4. The quantitative estimate of drug-likeness (QED) is 0.00462. The summed E-state index contributed by atoms with van der Waals surface area (Å²) in [6, 6.07) is 28.6. The number of benzene rings is 7. The zero-order valence-corrected chi connectivity index (χ0v) is 60.6. The third kappa shape index (κ3) is 15.6. The molecule has 0 bridgehead atoms. The second-order valence-electron chi connectivity index (χ2n) is 24.4. The van der Waals surface area contributed by atoms with E-state index in [0.717, 1.165) is 27.9 Å². The zero-order valence-electron chi connectivity index (χ0n) is 56.4. The Morgan fingerprint density at radius 2 is 1.42 bits per heavy atom. The van der Waals surface area contributed by atoms with Gasteiger partial charge >= 0.3 is 185 Å². The number of phenols is 1. The van der Waals surface area contributed by atoms with Crippen molar-refractivity contribution >= 4 is 102 Å². The van der Waals surface area contributed by atoms with Gasteiger partial charge in [-0.2, -0.15) is 0 Å². The molecule has 0 spiro atoms. The van der Waals surface area contributed by atoms with Crippen molar-refractivity contribution in [2.24, 2.45) is 0 Å². The molecule has 6 aromatic rings. The Morgan fingerprint density at radius 3 is 2.11 bits per heavy atom. The van der Waals surface area contributed by atoms with Gasteiger partial charge in [-0.3, -0.25) is 19.2 Å². The molecule has 107 heavy (non-hydrogen) atoms. The number of nitrogens with zero attached hydrogens (tertiary/aromatic N) is 3. The van der Waals surface area contributed by atoms with Crippen LogP contribution >= 0.6 is 44.6 Å². The van der Waals surface area contributed by atoms with Crippen LogP contribution in [0.5, 0.6) is 5.75 Å². The van der Waals surface area contributed by atoms with Gasteiger partial charge in [-0.25, -0.2) is 14.2 Å². The number of nitrogens with one attached hydrogen (secondary N) is 4. The molecule has 3 aliphatic heterocycles. The van der Waals surface area contributed by atoms with Crippen molar-refractivity contribution in [3.05, 3.63) is 212 Å². The van der Waals surface area contributed by atoms with Gasteiger partial charge in [0.1, 0.15) is 42.5 Å². The van der Waals surface area contributed by atoms with Crippen molar-refractivity contribution in [3.8, 4) is 62.5 Å². The van der Waals surface area contributed by atoms with Gasteiger partial charge in [0, 0.05) is 101 Å². The van der Waals surface area contributed by atoms with E-state index in [-0.39, 0.29) is 146 Å². The molecule has 1 saturated heterocycles. The minimum atomic E-state index is -6.59. The predicted octanol–water partition coefficient (Wildman–Crippen LogP) is 10.4. The van der Waals surface area contributed by atoms with Crippen molar-refractivity contribution < 1.29 is 105 Å². The smallest absolute Gasteiger partial charge is 0.337 e. The largest absolute Gasteiger partial charge is 0.478 e. The molecule has 11 rings (SSSR count). The molecule has 0 radical (unpaired) electrons. The average Bonchev–Trinajstić information content (AvgIpc) is 1.13. The Bertz CT molecular complexity index is 5680. The van der Waals surface area contributed by atoms with E-state index in [4.69, 9.17) is 51.3 Å². The molecule has 4 heterocycles. The summed E-state index contributed by atoms with van der Waals surface area (Å²) in [4.78, 5) is 110. The SMILES string of the molecule is CN(C)c1ccc2c(-c3c(Cl)c(C(=O)NCc4ccc(C(=O)NCc5c(O)ccc6c(-c7cc(C(=O)NCCOCC#CCc8cn([C@H]9CC[C@@H](COP(OO)(OOO)(P(=O)=O)P(=O)=O)O9)c(=O)[nH]c8=O)ccc7C(=O)O)c7ccc(=O)cc-7oc56)cc4)cc(Cl)c3C(=O)O)c3ccc(=[N+](C)C)cc-3oc2c1. The number of halogens is 2. The van der Waals surface area contributed by atoms with Crippen LogP contribution in [0.15, 0.2) is 145 Å². The third-order valence-corrected chi connectivity index (χ3v) is 27.7. The Hall–Kier alpha value is -10.8.